The van der Waals surface area contributed by atoms with Crippen molar-refractivity contribution < 1.29 is 14.6 Å². The van der Waals surface area contributed by atoms with Crippen LogP contribution in [0.2, 0.25) is 0 Å². The number of rotatable bonds is 5. The van der Waals surface area contributed by atoms with Crippen molar-refractivity contribution in [1.82, 2.24) is 9.97 Å². The molecule has 0 fully saturated rings. The summed E-state index contributed by atoms with van der Waals surface area (Å²) < 4.78 is 5.23. The van der Waals surface area contributed by atoms with Gasteiger partial charge in [0.2, 0.25) is 0 Å². The third-order valence-corrected chi connectivity index (χ3v) is 3.06. The molecular weight excluding hydrogens is 256 g/mol. The highest BCUT2D eigenvalue weighted by molar-refractivity contribution is 5.69. The molecule has 0 saturated carbocycles. The van der Waals surface area contributed by atoms with Crippen LogP contribution in [0.4, 0.5) is 0 Å². The van der Waals surface area contributed by atoms with Gasteiger partial charge in [0.25, 0.3) is 0 Å². The van der Waals surface area contributed by atoms with Gasteiger partial charge in [0.15, 0.2) is 0 Å². The second-order valence-electron chi connectivity index (χ2n) is 4.47. The van der Waals surface area contributed by atoms with Crippen LogP contribution in [-0.4, -0.2) is 28.2 Å². The Bertz CT molecular complexity index is 626. The van der Waals surface area contributed by atoms with E-state index in [9.17, 15) is 4.79 Å². The van der Waals surface area contributed by atoms with Crippen molar-refractivity contribution in [3.63, 3.8) is 0 Å². The van der Waals surface area contributed by atoms with E-state index in [0.29, 0.717) is 6.42 Å². The van der Waals surface area contributed by atoms with Crippen LogP contribution in [0.3, 0.4) is 0 Å². The van der Waals surface area contributed by atoms with Crippen LogP contribution in [0, 0.1) is 6.92 Å². The molecule has 0 bridgehead atoms. The number of ether oxygens (including phenoxy) is 1. The van der Waals surface area contributed by atoms with Gasteiger partial charge in [-0.05, 0) is 42.7 Å². The van der Waals surface area contributed by atoms with Gasteiger partial charge < -0.3 is 9.84 Å². The van der Waals surface area contributed by atoms with Crippen LogP contribution < -0.4 is 4.74 Å². The average Bonchev–Trinajstić information content (AvgIpc) is 2.45. The Morgan fingerprint density at radius 1 is 1.40 bits per heavy atom. The molecule has 104 valence electrons. The Kier molecular flexibility index (Phi) is 4.30. The van der Waals surface area contributed by atoms with Crippen molar-refractivity contribution in [3.8, 4) is 17.0 Å². The number of aromatic nitrogens is 2. The minimum absolute atomic E-state index is 0.0650. The van der Waals surface area contributed by atoms with Crippen LogP contribution in [0.1, 0.15) is 17.5 Å². The van der Waals surface area contributed by atoms with E-state index in [1.807, 2.05) is 25.1 Å². The van der Waals surface area contributed by atoms with E-state index < -0.39 is 5.97 Å². The molecule has 0 saturated heterocycles. The van der Waals surface area contributed by atoms with Crippen molar-refractivity contribution in [2.24, 2.45) is 0 Å². The van der Waals surface area contributed by atoms with Crippen molar-refractivity contribution >= 4 is 5.97 Å². The van der Waals surface area contributed by atoms with Gasteiger partial charge in [-0.3, -0.25) is 4.79 Å². The summed E-state index contributed by atoms with van der Waals surface area (Å²) in [4.78, 5) is 19.0. The highest BCUT2D eigenvalue weighted by Crippen LogP contribution is 2.27. The monoisotopic (exact) mass is 272 g/mol. The molecule has 1 aromatic carbocycles. The maximum Gasteiger partial charge on any atom is 0.303 e. The summed E-state index contributed by atoms with van der Waals surface area (Å²) in [5.74, 6) is -0.0133. The fourth-order valence-corrected chi connectivity index (χ4v) is 2.07. The second kappa shape index (κ2) is 6.14. The first-order valence-electron chi connectivity index (χ1n) is 6.27. The molecule has 1 N–H and O–H groups in total. The van der Waals surface area contributed by atoms with Gasteiger partial charge >= 0.3 is 5.97 Å². The molecule has 0 amide bonds. The number of carboxylic acid groups (broad SMARTS) is 1. The van der Waals surface area contributed by atoms with Crippen LogP contribution in [-0.2, 0) is 11.2 Å². The Balaban J connectivity index is 2.36. The van der Waals surface area contributed by atoms with E-state index in [1.54, 1.807) is 13.3 Å². The normalized spacial score (nSPS) is 10.3. The summed E-state index contributed by atoms with van der Waals surface area (Å²) in [6.07, 6.45) is 3.62. The Labute approximate surface area is 117 Å². The minimum atomic E-state index is -0.828. The molecule has 1 aromatic heterocycles. The van der Waals surface area contributed by atoms with Gasteiger partial charge in [-0.2, -0.15) is 0 Å². The Hall–Kier alpha value is -2.43. The lowest BCUT2D eigenvalue weighted by Crippen LogP contribution is -2.01. The number of methoxy groups -OCH3 is 1. The zero-order valence-corrected chi connectivity index (χ0v) is 11.5. The summed E-state index contributed by atoms with van der Waals surface area (Å²) in [6.45, 7) is 1.96. The molecule has 0 atom stereocenters. The first-order chi connectivity index (χ1) is 9.61. The molecule has 2 rings (SSSR count). The van der Waals surface area contributed by atoms with Crippen LogP contribution in [0.5, 0.6) is 5.75 Å². The molecule has 0 radical (unpaired) electrons. The minimum Gasteiger partial charge on any atom is -0.496 e. The number of carbonyl (C=O) groups is 1. The van der Waals surface area contributed by atoms with Crippen molar-refractivity contribution in [1.29, 1.82) is 0 Å². The first kappa shape index (κ1) is 14.0. The van der Waals surface area contributed by atoms with E-state index in [2.05, 4.69) is 9.97 Å². The fraction of sp³-hybridized carbons (Fsp3) is 0.267. The molecule has 20 heavy (non-hydrogen) atoms. The number of hydrogen-bond acceptors (Lipinski definition) is 4. The third-order valence-electron chi connectivity index (χ3n) is 3.06. The standard InChI is InChI=1S/C15H16N2O3/c1-10-7-11(3-5-13(10)20-2)15-12(4-6-14(18)19)8-16-9-17-15/h3,5,7-9H,4,6H2,1-2H3,(H,18,19). The topological polar surface area (TPSA) is 72.3 Å². The molecule has 5 nitrogen and oxygen atoms in total. The van der Waals surface area contributed by atoms with Crippen LogP contribution >= 0.6 is 0 Å². The highest BCUT2D eigenvalue weighted by atomic mass is 16.5. The Morgan fingerprint density at radius 3 is 2.85 bits per heavy atom. The third kappa shape index (κ3) is 3.12. The smallest absolute Gasteiger partial charge is 0.303 e. The van der Waals surface area contributed by atoms with E-state index in [4.69, 9.17) is 9.84 Å². The number of nitrogens with zero attached hydrogens (tertiary/aromatic N) is 2. The maximum atomic E-state index is 10.7. The number of hydrogen-bond donors (Lipinski definition) is 1. The van der Waals surface area contributed by atoms with Gasteiger partial charge in [0.1, 0.15) is 12.1 Å². The van der Waals surface area contributed by atoms with E-state index in [-0.39, 0.29) is 6.42 Å². The zero-order valence-electron chi connectivity index (χ0n) is 11.5. The summed E-state index contributed by atoms with van der Waals surface area (Å²) in [5.41, 5.74) is 3.55. The predicted octanol–water partition coefficient (Wildman–Crippen LogP) is 2.48. The summed E-state index contributed by atoms with van der Waals surface area (Å²) in [6, 6.07) is 5.78. The lowest BCUT2D eigenvalue weighted by atomic mass is 10.0. The van der Waals surface area contributed by atoms with Crippen molar-refractivity contribution in [3.05, 3.63) is 41.9 Å². The molecule has 0 aliphatic rings. The summed E-state index contributed by atoms with van der Waals surface area (Å²) in [7, 11) is 1.63. The van der Waals surface area contributed by atoms with Crippen LogP contribution in [0.15, 0.2) is 30.7 Å². The van der Waals surface area contributed by atoms with Gasteiger partial charge in [-0.1, -0.05) is 0 Å². The SMILES string of the molecule is COc1ccc(-c2ncncc2CCC(=O)O)cc1C. The molecule has 5 heteroatoms. The van der Waals surface area contributed by atoms with Gasteiger partial charge in [0.05, 0.1) is 12.8 Å². The van der Waals surface area contributed by atoms with E-state index >= 15 is 0 Å². The van der Waals surface area contributed by atoms with Crippen molar-refractivity contribution in [2.45, 2.75) is 19.8 Å². The zero-order chi connectivity index (χ0) is 14.5. The molecule has 2 aromatic rings. The highest BCUT2D eigenvalue weighted by Gasteiger charge is 2.10. The summed E-state index contributed by atoms with van der Waals surface area (Å²) >= 11 is 0. The quantitative estimate of drug-likeness (QED) is 0.905. The summed E-state index contributed by atoms with van der Waals surface area (Å²) in [5, 5.41) is 8.79. The molecule has 0 spiro atoms. The molecular formula is C15H16N2O3. The number of aryl methyl sites for hydroxylation is 2. The average molecular weight is 272 g/mol. The lowest BCUT2D eigenvalue weighted by molar-refractivity contribution is -0.136. The predicted molar refractivity (Wildman–Crippen MR) is 74.7 cm³/mol. The maximum absolute atomic E-state index is 10.7. The molecule has 0 unspecified atom stereocenters. The Morgan fingerprint density at radius 2 is 2.20 bits per heavy atom. The van der Waals surface area contributed by atoms with Gasteiger partial charge in [0, 0.05) is 18.2 Å². The largest absolute Gasteiger partial charge is 0.496 e. The molecule has 1 heterocycles. The number of benzene rings is 1. The van der Waals surface area contributed by atoms with Gasteiger partial charge in [-0.15, -0.1) is 0 Å². The molecule has 0 aliphatic heterocycles. The van der Waals surface area contributed by atoms with Crippen LogP contribution in [0.25, 0.3) is 11.3 Å². The fourth-order valence-electron chi connectivity index (χ4n) is 2.07. The first-order valence-corrected chi connectivity index (χ1v) is 6.27. The van der Waals surface area contributed by atoms with E-state index in [0.717, 1.165) is 28.1 Å². The number of carboxylic acids is 1. The number of aliphatic carboxylic acids is 1. The second-order valence-corrected chi connectivity index (χ2v) is 4.47. The van der Waals surface area contributed by atoms with Crippen molar-refractivity contribution in [2.75, 3.05) is 7.11 Å². The van der Waals surface area contributed by atoms with E-state index in [1.165, 1.54) is 6.33 Å². The lowest BCUT2D eigenvalue weighted by Gasteiger charge is -2.10. The molecule has 0 aliphatic carbocycles. The van der Waals surface area contributed by atoms with Gasteiger partial charge in [-0.25, -0.2) is 9.97 Å².